The van der Waals surface area contributed by atoms with E-state index in [2.05, 4.69) is 4.18 Å². The highest BCUT2D eigenvalue weighted by Gasteiger charge is 2.41. The van der Waals surface area contributed by atoms with Crippen LogP contribution in [0, 0.1) is 0 Å². The molecule has 9 heteroatoms. The number of carboxylic acids is 1. The highest BCUT2D eigenvalue weighted by molar-refractivity contribution is 7.86. The van der Waals surface area contributed by atoms with Gasteiger partial charge in [-0.1, -0.05) is 0 Å². The lowest BCUT2D eigenvalue weighted by Gasteiger charge is -2.16. The molecule has 2 N–H and O–H groups in total. The summed E-state index contributed by atoms with van der Waals surface area (Å²) in [5.41, 5.74) is 0. The summed E-state index contributed by atoms with van der Waals surface area (Å²) in [6.07, 6.45) is -1.69. The minimum absolute atomic E-state index is 0.172. The molecule has 0 aromatic heterocycles. The third-order valence-corrected chi connectivity index (χ3v) is 2.73. The average molecular weight is 253 g/mol. The minimum atomic E-state index is -3.72. The van der Waals surface area contributed by atoms with Gasteiger partial charge in [0.1, 0.15) is 6.04 Å². The summed E-state index contributed by atoms with van der Waals surface area (Å²) in [4.78, 5) is 22.1. The predicted molar refractivity (Wildman–Crippen MR) is 50.5 cm³/mol. The van der Waals surface area contributed by atoms with E-state index in [1.807, 2.05) is 0 Å². The number of nitrogens with zero attached hydrogens (tertiary/aromatic N) is 1. The van der Waals surface area contributed by atoms with Gasteiger partial charge in [-0.2, -0.15) is 8.42 Å². The zero-order chi connectivity index (χ0) is 12.5. The van der Waals surface area contributed by atoms with E-state index in [9.17, 15) is 18.0 Å². The highest BCUT2D eigenvalue weighted by Crippen LogP contribution is 2.21. The van der Waals surface area contributed by atoms with Gasteiger partial charge in [0.2, 0.25) is 0 Å². The van der Waals surface area contributed by atoms with E-state index < -0.39 is 34.3 Å². The van der Waals surface area contributed by atoms with Gasteiger partial charge in [0.15, 0.2) is 0 Å². The van der Waals surface area contributed by atoms with Gasteiger partial charge < -0.3 is 10.2 Å². The summed E-state index contributed by atoms with van der Waals surface area (Å²) >= 11 is 0. The fraction of sp³-hybridized carbons (Fsp3) is 0.714. The Bertz CT molecular complexity index is 381. The van der Waals surface area contributed by atoms with Gasteiger partial charge >= 0.3 is 12.1 Å². The van der Waals surface area contributed by atoms with Crippen LogP contribution in [0.1, 0.15) is 6.42 Å². The van der Waals surface area contributed by atoms with Crippen molar-refractivity contribution in [3.05, 3.63) is 0 Å². The first-order valence-electron chi connectivity index (χ1n) is 4.31. The fourth-order valence-corrected chi connectivity index (χ4v) is 2.19. The molecule has 16 heavy (non-hydrogen) atoms. The smallest absolute Gasteiger partial charge is 0.408 e. The standard InChI is InChI=1S/C7H11NO7S/c1-16(13,14)15-4-2-5(6(9)10)8(3-4)7(11)12/h4-5H,2-3H2,1H3,(H,9,10)(H,11,12)/t4-,5-/m0/s1. The molecule has 8 nitrogen and oxygen atoms in total. The summed E-state index contributed by atoms with van der Waals surface area (Å²) in [5, 5.41) is 17.4. The maximum Gasteiger partial charge on any atom is 0.408 e. The van der Waals surface area contributed by atoms with E-state index in [1.165, 1.54) is 0 Å². The maximum atomic E-state index is 10.8. The number of carboxylic acid groups (broad SMARTS) is 2. The summed E-state index contributed by atoms with van der Waals surface area (Å²) < 4.78 is 26.2. The molecule has 2 atom stereocenters. The number of hydrogen-bond acceptors (Lipinski definition) is 5. The SMILES string of the molecule is CS(=O)(=O)O[C@H]1C[C@@H](C(=O)O)N(C(=O)O)C1. The van der Waals surface area contributed by atoms with Crippen LogP contribution in [0.3, 0.4) is 0 Å². The number of likely N-dealkylation sites (tertiary alicyclic amines) is 1. The van der Waals surface area contributed by atoms with Crippen molar-refractivity contribution in [2.24, 2.45) is 0 Å². The summed E-state index contributed by atoms with van der Waals surface area (Å²) in [6, 6.07) is -1.26. The zero-order valence-corrected chi connectivity index (χ0v) is 9.18. The second-order valence-corrected chi connectivity index (χ2v) is 5.05. The summed E-state index contributed by atoms with van der Waals surface area (Å²) in [5.74, 6) is -1.32. The monoisotopic (exact) mass is 253 g/mol. The van der Waals surface area contributed by atoms with Crippen molar-refractivity contribution in [1.29, 1.82) is 0 Å². The quantitative estimate of drug-likeness (QED) is 0.629. The molecule has 1 heterocycles. The van der Waals surface area contributed by atoms with Crippen molar-refractivity contribution in [2.75, 3.05) is 12.8 Å². The third-order valence-electron chi connectivity index (χ3n) is 2.10. The Balaban J connectivity index is 2.77. The van der Waals surface area contributed by atoms with Gasteiger partial charge in [-0.15, -0.1) is 0 Å². The maximum absolute atomic E-state index is 10.8. The Morgan fingerprint density at radius 3 is 2.25 bits per heavy atom. The third kappa shape index (κ3) is 3.07. The summed E-state index contributed by atoms with van der Waals surface area (Å²) in [7, 11) is -3.72. The van der Waals surface area contributed by atoms with Crippen LogP contribution in [0.15, 0.2) is 0 Å². The zero-order valence-electron chi connectivity index (χ0n) is 8.36. The van der Waals surface area contributed by atoms with E-state index in [0.717, 1.165) is 6.26 Å². The van der Waals surface area contributed by atoms with Gasteiger partial charge in [-0.25, -0.2) is 9.59 Å². The van der Waals surface area contributed by atoms with Gasteiger partial charge in [0, 0.05) is 6.42 Å². The number of rotatable bonds is 3. The van der Waals surface area contributed by atoms with E-state index in [0.29, 0.717) is 4.90 Å². The molecule has 1 fully saturated rings. The number of amides is 1. The molecule has 0 aromatic rings. The number of hydrogen-bond donors (Lipinski definition) is 2. The molecular formula is C7H11NO7S. The van der Waals surface area contributed by atoms with Crippen LogP contribution < -0.4 is 0 Å². The molecule has 0 radical (unpaired) electrons. The second-order valence-electron chi connectivity index (χ2n) is 3.45. The van der Waals surface area contributed by atoms with Crippen LogP contribution in [0.5, 0.6) is 0 Å². The van der Waals surface area contributed by atoms with Crippen molar-refractivity contribution in [3.8, 4) is 0 Å². The van der Waals surface area contributed by atoms with Gasteiger partial charge in [-0.3, -0.25) is 9.08 Å². The molecule has 0 bridgehead atoms. The Labute approximate surface area is 91.5 Å². The lowest BCUT2D eigenvalue weighted by Crippen LogP contribution is -2.39. The highest BCUT2D eigenvalue weighted by atomic mass is 32.2. The molecule has 0 saturated carbocycles. The largest absolute Gasteiger partial charge is 0.480 e. The first-order valence-corrected chi connectivity index (χ1v) is 6.13. The molecule has 0 spiro atoms. The van der Waals surface area contributed by atoms with Crippen LogP contribution in [-0.2, 0) is 19.1 Å². The molecule has 1 saturated heterocycles. The summed E-state index contributed by atoms with van der Waals surface area (Å²) in [6.45, 7) is -0.265. The van der Waals surface area contributed by atoms with Gasteiger partial charge in [0.05, 0.1) is 18.9 Å². The number of aliphatic carboxylic acids is 1. The normalized spacial score (nSPS) is 25.7. The lowest BCUT2D eigenvalue weighted by molar-refractivity contribution is -0.141. The first kappa shape index (κ1) is 12.7. The topological polar surface area (TPSA) is 121 Å². The molecule has 1 aliphatic heterocycles. The van der Waals surface area contributed by atoms with Gasteiger partial charge in [0.25, 0.3) is 10.1 Å². The number of carbonyl (C=O) groups is 2. The Kier molecular flexibility index (Phi) is 3.38. The Hall–Kier alpha value is -1.35. The average Bonchev–Trinajstić information content (AvgIpc) is 2.44. The van der Waals surface area contributed by atoms with Crippen molar-refractivity contribution in [3.63, 3.8) is 0 Å². The molecule has 1 aliphatic rings. The van der Waals surface area contributed by atoms with Crippen LogP contribution >= 0.6 is 0 Å². The van der Waals surface area contributed by atoms with E-state index in [4.69, 9.17) is 10.2 Å². The van der Waals surface area contributed by atoms with Gasteiger partial charge in [-0.05, 0) is 0 Å². The van der Waals surface area contributed by atoms with E-state index in [-0.39, 0.29) is 13.0 Å². The molecule has 0 aliphatic carbocycles. The fourth-order valence-electron chi connectivity index (χ4n) is 1.56. The van der Waals surface area contributed by atoms with Crippen molar-refractivity contribution in [2.45, 2.75) is 18.6 Å². The molecule has 0 unspecified atom stereocenters. The molecular weight excluding hydrogens is 242 g/mol. The van der Waals surface area contributed by atoms with E-state index in [1.54, 1.807) is 0 Å². The minimum Gasteiger partial charge on any atom is -0.480 e. The van der Waals surface area contributed by atoms with Crippen molar-refractivity contribution in [1.82, 2.24) is 4.90 Å². The van der Waals surface area contributed by atoms with Crippen LogP contribution in [-0.4, -0.2) is 60.5 Å². The van der Waals surface area contributed by atoms with Crippen molar-refractivity contribution >= 4 is 22.2 Å². The second kappa shape index (κ2) is 4.26. The molecule has 0 aromatic carbocycles. The Morgan fingerprint density at radius 1 is 1.38 bits per heavy atom. The van der Waals surface area contributed by atoms with Crippen LogP contribution in [0.4, 0.5) is 4.79 Å². The van der Waals surface area contributed by atoms with Crippen LogP contribution in [0.2, 0.25) is 0 Å². The first-order chi connectivity index (χ1) is 7.20. The molecule has 92 valence electrons. The van der Waals surface area contributed by atoms with Crippen LogP contribution in [0.25, 0.3) is 0 Å². The Morgan fingerprint density at radius 2 is 1.94 bits per heavy atom. The van der Waals surface area contributed by atoms with Crippen molar-refractivity contribution < 1.29 is 32.4 Å². The van der Waals surface area contributed by atoms with E-state index >= 15 is 0 Å². The molecule has 1 rings (SSSR count). The molecule has 1 amide bonds. The predicted octanol–water partition coefficient (Wildman–Crippen LogP) is -0.832. The lowest BCUT2D eigenvalue weighted by atomic mass is 10.2.